The van der Waals surface area contributed by atoms with E-state index in [9.17, 15) is 4.79 Å². The van der Waals surface area contributed by atoms with Crippen molar-refractivity contribution in [1.29, 1.82) is 0 Å². The number of anilines is 1. The fourth-order valence-corrected chi connectivity index (χ4v) is 3.09. The molecule has 0 aliphatic heterocycles. The van der Waals surface area contributed by atoms with E-state index >= 15 is 0 Å². The van der Waals surface area contributed by atoms with Gasteiger partial charge in [-0.3, -0.25) is 9.78 Å². The average molecular weight is 320 g/mol. The molecule has 2 N–H and O–H groups in total. The lowest BCUT2D eigenvalue weighted by Gasteiger charge is -2.01. The zero-order valence-electron chi connectivity index (χ0n) is 12.0. The molecule has 1 amide bonds. The van der Waals surface area contributed by atoms with Gasteiger partial charge in [0.2, 0.25) is 0 Å². The molecule has 112 valence electrons. The second kappa shape index (κ2) is 5.66. The Morgan fingerprint density at radius 3 is 2.91 bits per heavy atom. The third-order valence-corrected chi connectivity index (χ3v) is 4.29. The molecular formula is C17H12N4OS. The number of thiazole rings is 1. The Morgan fingerprint density at radius 1 is 1.17 bits per heavy atom. The molecule has 0 atom stereocenters. The highest BCUT2D eigenvalue weighted by molar-refractivity contribution is 7.13. The molecule has 5 nitrogen and oxygen atoms in total. The van der Waals surface area contributed by atoms with Crippen molar-refractivity contribution in [2.24, 2.45) is 0 Å². The van der Waals surface area contributed by atoms with Crippen molar-refractivity contribution in [2.45, 2.75) is 0 Å². The number of nitrogens with one attached hydrogen (secondary N) is 2. The monoisotopic (exact) mass is 320 g/mol. The average Bonchev–Trinajstić information content (AvgIpc) is 3.22. The summed E-state index contributed by atoms with van der Waals surface area (Å²) in [6.45, 7) is 0. The third-order valence-electron chi connectivity index (χ3n) is 3.42. The third kappa shape index (κ3) is 2.72. The number of rotatable bonds is 3. The lowest BCUT2D eigenvalue weighted by molar-refractivity contribution is 0.102. The first-order valence-corrected chi connectivity index (χ1v) is 7.92. The van der Waals surface area contributed by atoms with Gasteiger partial charge in [0, 0.05) is 22.5 Å². The van der Waals surface area contributed by atoms with Crippen LogP contribution in [0.25, 0.3) is 21.6 Å². The van der Waals surface area contributed by atoms with Gasteiger partial charge in [0.05, 0.1) is 17.6 Å². The molecule has 0 radical (unpaired) electrons. The van der Waals surface area contributed by atoms with Gasteiger partial charge in [-0.1, -0.05) is 18.2 Å². The van der Waals surface area contributed by atoms with Gasteiger partial charge < -0.3 is 10.3 Å². The van der Waals surface area contributed by atoms with E-state index in [1.54, 1.807) is 29.9 Å². The van der Waals surface area contributed by atoms with Crippen LogP contribution >= 0.6 is 11.3 Å². The highest BCUT2D eigenvalue weighted by Crippen LogP contribution is 2.27. The van der Waals surface area contributed by atoms with E-state index < -0.39 is 0 Å². The molecule has 1 aromatic carbocycles. The van der Waals surface area contributed by atoms with E-state index in [0.29, 0.717) is 11.4 Å². The second-order valence-electron chi connectivity index (χ2n) is 5.00. The maximum Gasteiger partial charge on any atom is 0.275 e. The van der Waals surface area contributed by atoms with Crippen molar-refractivity contribution in [3.63, 3.8) is 0 Å². The molecule has 0 saturated heterocycles. The number of H-pyrrole nitrogens is 1. The number of hydrogen-bond acceptors (Lipinski definition) is 4. The molecule has 4 aromatic rings. The molecule has 4 rings (SSSR count). The molecule has 0 bridgehead atoms. The zero-order valence-corrected chi connectivity index (χ0v) is 12.8. The minimum Gasteiger partial charge on any atom is -0.353 e. The van der Waals surface area contributed by atoms with Crippen LogP contribution in [0.5, 0.6) is 0 Å². The predicted octanol–water partition coefficient (Wildman–Crippen LogP) is 3.94. The Hall–Kier alpha value is -2.99. The number of aromatic amines is 1. The summed E-state index contributed by atoms with van der Waals surface area (Å²) in [6.07, 6.45) is 3.26. The number of hydrogen-bond donors (Lipinski definition) is 2. The lowest BCUT2D eigenvalue weighted by atomic mass is 10.2. The molecule has 23 heavy (non-hydrogen) atoms. The van der Waals surface area contributed by atoms with Crippen LogP contribution in [0, 0.1) is 0 Å². The number of aromatic nitrogens is 3. The molecule has 0 saturated carbocycles. The number of carbonyl (C=O) groups is 1. The van der Waals surface area contributed by atoms with E-state index in [-0.39, 0.29) is 5.91 Å². The highest BCUT2D eigenvalue weighted by Gasteiger charge is 2.13. The van der Waals surface area contributed by atoms with Crippen LogP contribution in [0.2, 0.25) is 0 Å². The molecule has 0 unspecified atom stereocenters. The van der Waals surface area contributed by atoms with Gasteiger partial charge in [-0.15, -0.1) is 11.3 Å². The molecule has 0 aliphatic rings. The standard InChI is InChI=1S/C17H12N4OS/c22-16(19-12-5-3-7-18-9-12)15-10-23-17(21-15)14-8-11-4-1-2-6-13(11)20-14/h1-10,20H,(H,19,22). The van der Waals surface area contributed by atoms with Crippen LogP contribution in [0.4, 0.5) is 5.69 Å². The fraction of sp³-hybridized carbons (Fsp3) is 0. The molecule has 3 aromatic heterocycles. The van der Waals surface area contributed by atoms with Gasteiger partial charge in [-0.25, -0.2) is 4.98 Å². The van der Waals surface area contributed by atoms with Gasteiger partial charge in [0.15, 0.2) is 0 Å². The summed E-state index contributed by atoms with van der Waals surface area (Å²) in [4.78, 5) is 23.9. The summed E-state index contributed by atoms with van der Waals surface area (Å²) in [6, 6.07) is 13.6. The first-order chi connectivity index (χ1) is 11.3. The Bertz CT molecular complexity index is 941. The van der Waals surface area contributed by atoms with Gasteiger partial charge in [-0.2, -0.15) is 0 Å². The number of para-hydroxylation sites is 1. The van der Waals surface area contributed by atoms with Crippen molar-refractivity contribution in [2.75, 3.05) is 5.32 Å². The van der Waals surface area contributed by atoms with E-state index in [4.69, 9.17) is 0 Å². The number of carbonyl (C=O) groups excluding carboxylic acids is 1. The predicted molar refractivity (Wildman–Crippen MR) is 91.6 cm³/mol. The van der Waals surface area contributed by atoms with Crippen LogP contribution in [-0.4, -0.2) is 20.9 Å². The van der Waals surface area contributed by atoms with Crippen molar-refractivity contribution < 1.29 is 4.79 Å². The van der Waals surface area contributed by atoms with Crippen molar-refractivity contribution in [3.8, 4) is 10.7 Å². The minimum atomic E-state index is -0.239. The largest absolute Gasteiger partial charge is 0.353 e. The van der Waals surface area contributed by atoms with Gasteiger partial charge in [-0.05, 0) is 24.3 Å². The molecule has 3 heterocycles. The van der Waals surface area contributed by atoms with Crippen LogP contribution < -0.4 is 5.32 Å². The maximum atomic E-state index is 12.2. The van der Waals surface area contributed by atoms with Crippen molar-refractivity contribution in [1.82, 2.24) is 15.0 Å². The Kier molecular flexibility index (Phi) is 3.36. The summed E-state index contributed by atoms with van der Waals surface area (Å²) in [5.74, 6) is -0.239. The van der Waals surface area contributed by atoms with Crippen molar-refractivity contribution >= 4 is 33.8 Å². The van der Waals surface area contributed by atoms with E-state index in [0.717, 1.165) is 21.6 Å². The molecule has 6 heteroatoms. The van der Waals surface area contributed by atoms with E-state index in [2.05, 4.69) is 20.3 Å². The van der Waals surface area contributed by atoms with Crippen molar-refractivity contribution in [3.05, 3.63) is 65.9 Å². The van der Waals surface area contributed by atoms with Gasteiger partial charge in [0.25, 0.3) is 5.91 Å². The summed E-state index contributed by atoms with van der Waals surface area (Å²) < 4.78 is 0. The topological polar surface area (TPSA) is 70.7 Å². The van der Waals surface area contributed by atoms with Crippen LogP contribution in [0.15, 0.2) is 60.2 Å². The molecular weight excluding hydrogens is 308 g/mol. The maximum absolute atomic E-state index is 12.2. The van der Waals surface area contributed by atoms with Gasteiger partial charge >= 0.3 is 0 Å². The fourth-order valence-electron chi connectivity index (χ4n) is 2.32. The summed E-state index contributed by atoms with van der Waals surface area (Å²) in [5, 5.41) is 6.45. The smallest absolute Gasteiger partial charge is 0.275 e. The summed E-state index contributed by atoms with van der Waals surface area (Å²) >= 11 is 1.44. The second-order valence-corrected chi connectivity index (χ2v) is 5.86. The summed E-state index contributed by atoms with van der Waals surface area (Å²) in [5.41, 5.74) is 3.01. The Labute approximate surface area is 136 Å². The first-order valence-electron chi connectivity index (χ1n) is 7.04. The zero-order chi connectivity index (χ0) is 15.6. The first kappa shape index (κ1) is 13.7. The molecule has 0 aliphatic carbocycles. The minimum absolute atomic E-state index is 0.239. The van der Waals surface area contributed by atoms with Crippen LogP contribution in [0.1, 0.15) is 10.5 Å². The lowest BCUT2D eigenvalue weighted by Crippen LogP contribution is -2.12. The Balaban J connectivity index is 1.60. The Morgan fingerprint density at radius 2 is 2.09 bits per heavy atom. The van der Waals surface area contributed by atoms with E-state index in [1.807, 2.05) is 30.3 Å². The van der Waals surface area contributed by atoms with Gasteiger partial charge in [0.1, 0.15) is 10.7 Å². The number of benzene rings is 1. The molecule has 0 fully saturated rings. The van der Waals surface area contributed by atoms with Crippen LogP contribution in [0.3, 0.4) is 0 Å². The number of amides is 1. The normalized spacial score (nSPS) is 10.8. The number of fused-ring (bicyclic) bond motifs is 1. The van der Waals surface area contributed by atoms with Crippen LogP contribution in [-0.2, 0) is 0 Å². The quantitative estimate of drug-likeness (QED) is 0.600. The number of nitrogens with zero attached hydrogens (tertiary/aromatic N) is 2. The molecule has 0 spiro atoms. The highest BCUT2D eigenvalue weighted by atomic mass is 32.1. The van der Waals surface area contributed by atoms with E-state index in [1.165, 1.54) is 11.3 Å². The summed E-state index contributed by atoms with van der Waals surface area (Å²) in [7, 11) is 0. The number of pyridine rings is 1. The SMILES string of the molecule is O=C(Nc1cccnc1)c1csc(-c2cc3ccccc3[nH]2)n1.